The van der Waals surface area contributed by atoms with Crippen molar-refractivity contribution in [3.63, 3.8) is 0 Å². The number of carbonyl (C=O) groups is 2. The topological polar surface area (TPSA) is 52.6 Å². The van der Waals surface area contributed by atoms with Crippen LogP contribution in [0.25, 0.3) is 0 Å². The zero-order valence-corrected chi connectivity index (χ0v) is 8.36. The molecule has 2 aliphatic heterocycles. The summed E-state index contributed by atoms with van der Waals surface area (Å²) < 4.78 is 23.1. The molecule has 0 aliphatic carbocycles. The lowest BCUT2D eigenvalue weighted by Crippen LogP contribution is -2.09. The maximum atomic E-state index is 13.4. The van der Waals surface area contributed by atoms with E-state index >= 15 is 0 Å². The van der Waals surface area contributed by atoms with Gasteiger partial charge in [0.05, 0.1) is 24.3 Å². The van der Waals surface area contributed by atoms with Crippen LogP contribution in [0.3, 0.4) is 0 Å². The fourth-order valence-electron chi connectivity index (χ4n) is 1.36. The zero-order chi connectivity index (χ0) is 11.5. The number of benzene rings is 1. The maximum absolute atomic E-state index is 13.4. The van der Waals surface area contributed by atoms with Crippen LogP contribution in [0.1, 0.15) is 27.1 Å². The summed E-state index contributed by atoms with van der Waals surface area (Å²) in [4.78, 5) is 22.7. The molecule has 0 aromatic heterocycles. The van der Waals surface area contributed by atoms with Crippen LogP contribution in [0.5, 0.6) is 0 Å². The van der Waals surface area contributed by atoms with Gasteiger partial charge in [0.2, 0.25) is 0 Å². The van der Waals surface area contributed by atoms with Crippen molar-refractivity contribution in [2.45, 2.75) is 6.42 Å². The highest BCUT2D eigenvalue weighted by molar-refractivity contribution is 5.93. The van der Waals surface area contributed by atoms with Gasteiger partial charge >= 0.3 is 11.9 Å². The predicted octanol–water partition coefficient (Wildman–Crippen LogP) is 1.54. The molecule has 0 amide bonds. The van der Waals surface area contributed by atoms with Gasteiger partial charge < -0.3 is 9.47 Å². The summed E-state index contributed by atoms with van der Waals surface area (Å²) in [5.41, 5.74) is -0.0746. The van der Waals surface area contributed by atoms with Gasteiger partial charge in [-0.15, -0.1) is 0 Å². The SMILES string of the molecule is O=C1OCCCOC(=O)c2ccc1cc2F. The van der Waals surface area contributed by atoms with E-state index in [2.05, 4.69) is 0 Å². The van der Waals surface area contributed by atoms with Crippen LogP contribution in [-0.2, 0) is 9.47 Å². The second-order valence-corrected chi connectivity index (χ2v) is 3.32. The first-order valence-corrected chi connectivity index (χ1v) is 4.82. The number of halogens is 1. The molecule has 0 fully saturated rings. The molecule has 5 heteroatoms. The molecule has 1 aromatic rings. The van der Waals surface area contributed by atoms with Crippen molar-refractivity contribution in [2.24, 2.45) is 0 Å². The molecule has 0 unspecified atom stereocenters. The first kappa shape index (κ1) is 10.6. The van der Waals surface area contributed by atoms with Gasteiger partial charge in [-0.25, -0.2) is 14.0 Å². The Morgan fingerprint density at radius 3 is 2.44 bits per heavy atom. The van der Waals surface area contributed by atoms with E-state index in [0.29, 0.717) is 6.42 Å². The summed E-state index contributed by atoms with van der Waals surface area (Å²) in [5, 5.41) is 0. The van der Waals surface area contributed by atoms with E-state index in [4.69, 9.17) is 9.47 Å². The third-order valence-corrected chi connectivity index (χ3v) is 2.18. The van der Waals surface area contributed by atoms with Crippen molar-refractivity contribution in [2.75, 3.05) is 13.2 Å². The van der Waals surface area contributed by atoms with Crippen molar-refractivity contribution < 1.29 is 23.5 Å². The lowest BCUT2D eigenvalue weighted by molar-refractivity contribution is 0.0400. The molecule has 0 spiro atoms. The highest BCUT2D eigenvalue weighted by atomic mass is 19.1. The Labute approximate surface area is 91.0 Å². The van der Waals surface area contributed by atoms with E-state index in [-0.39, 0.29) is 24.3 Å². The maximum Gasteiger partial charge on any atom is 0.341 e. The quantitative estimate of drug-likeness (QED) is 0.627. The second kappa shape index (κ2) is 4.30. The molecule has 1 aromatic carbocycles. The zero-order valence-electron chi connectivity index (χ0n) is 8.36. The Hall–Kier alpha value is -1.91. The fourth-order valence-corrected chi connectivity index (χ4v) is 1.36. The van der Waals surface area contributed by atoms with Crippen LogP contribution in [0.4, 0.5) is 4.39 Å². The van der Waals surface area contributed by atoms with Crippen LogP contribution in [0.2, 0.25) is 0 Å². The molecule has 2 heterocycles. The van der Waals surface area contributed by atoms with Crippen LogP contribution in [-0.4, -0.2) is 25.2 Å². The lowest BCUT2D eigenvalue weighted by Gasteiger charge is -2.03. The smallest absolute Gasteiger partial charge is 0.341 e. The molecule has 0 saturated heterocycles. The average molecular weight is 224 g/mol. The standard InChI is InChI=1S/C11H9FO4/c12-9-6-7-2-3-8(9)11(14)16-5-1-4-15-10(7)13/h2-3,6H,1,4-5H2. The lowest BCUT2D eigenvalue weighted by atomic mass is 10.1. The summed E-state index contributed by atoms with van der Waals surface area (Å²) in [6, 6.07) is 3.54. The van der Waals surface area contributed by atoms with E-state index < -0.39 is 17.8 Å². The molecular weight excluding hydrogens is 215 g/mol. The van der Waals surface area contributed by atoms with Gasteiger partial charge in [0, 0.05) is 6.42 Å². The van der Waals surface area contributed by atoms with Gasteiger partial charge in [-0.1, -0.05) is 0 Å². The van der Waals surface area contributed by atoms with E-state index in [0.717, 1.165) is 6.07 Å². The van der Waals surface area contributed by atoms with Crippen LogP contribution in [0.15, 0.2) is 18.2 Å². The van der Waals surface area contributed by atoms with Crippen molar-refractivity contribution in [3.05, 3.63) is 35.1 Å². The summed E-state index contributed by atoms with van der Waals surface area (Å²) in [6.07, 6.45) is 0.402. The van der Waals surface area contributed by atoms with E-state index in [1.54, 1.807) is 0 Å². The fraction of sp³-hybridized carbons (Fsp3) is 0.273. The third kappa shape index (κ3) is 2.03. The number of fused-ring (bicyclic) bond motifs is 8. The van der Waals surface area contributed by atoms with Crippen LogP contribution >= 0.6 is 0 Å². The Balaban J connectivity index is 2.41. The monoisotopic (exact) mass is 224 g/mol. The number of ether oxygens (including phenoxy) is 2. The summed E-state index contributed by atoms with van der Waals surface area (Å²) in [5.74, 6) is -2.10. The highest BCUT2D eigenvalue weighted by Gasteiger charge is 2.17. The molecule has 3 rings (SSSR count). The number of esters is 2. The number of rotatable bonds is 0. The first-order chi connectivity index (χ1) is 7.68. The Kier molecular flexibility index (Phi) is 2.85. The molecule has 2 bridgehead atoms. The van der Waals surface area contributed by atoms with E-state index in [1.807, 2.05) is 0 Å². The molecule has 0 N–H and O–H groups in total. The average Bonchev–Trinajstić information content (AvgIpc) is 2.30. The number of hydrogen-bond acceptors (Lipinski definition) is 4. The minimum Gasteiger partial charge on any atom is -0.462 e. The molecule has 4 nitrogen and oxygen atoms in total. The van der Waals surface area contributed by atoms with Gasteiger partial charge in [0.25, 0.3) is 0 Å². The summed E-state index contributed by atoms with van der Waals surface area (Å²) in [6.45, 7) is 0.250. The van der Waals surface area contributed by atoms with Gasteiger partial charge in [-0.2, -0.15) is 0 Å². The minimum atomic E-state index is -0.777. The summed E-state index contributed by atoms with van der Waals surface area (Å²) in [7, 11) is 0. The molecule has 2 aliphatic rings. The number of hydrogen-bond donors (Lipinski definition) is 0. The first-order valence-electron chi connectivity index (χ1n) is 4.82. The minimum absolute atomic E-state index is 0.0935. The molecule has 0 saturated carbocycles. The van der Waals surface area contributed by atoms with E-state index in [1.165, 1.54) is 12.1 Å². The molecule has 84 valence electrons. The van der Waals surface area contributed by atoms with Gasteiger partial charge in [-0.05, 0) is 18.2 Å². The summed E-state index contributed by atoms with van der Waals surface area (Å²) >= 11 is 0. The normalized spacial score (nSPS) is 16.3. The molecule has 0 radical (unpaired) electrons. The van der Waals surface area contributed by atoms with Crippen LogP contribution < -0.4 is 0 Å². The van der Waals surface area contributed by atoms with Gasteiger partial charge in [0.15, 0.2) is 0 Å². The van der Waals surface area contributed by atoms with Crippen molar-refractivity contribution in [1.82, 2.24) is 0 Å². The number of carbonyl (C=O) groups excluding carboxylic acids is 2. The van der Waals surface area contributed by atoms with Crippen molar-refractivity contribution in [3.8, 4) is 0 Å². The van der Waals surface area contributed by atoms with Gasteiger partial charge in [-0.3, -0.25) is 0 Å². The van der Waals surface area contributed by atoms with E-state index in [9.17, 15) is 14.0 Å². The molecule has 0 atom stereocenters. The highest BCUT2D eigenvalue weighted by Crippen LogP contribution is 2.14. The Bertz CT molecular complexity index is 442. The largest absolute Gasteiger partial charge is 0.462 e. The van der Waals surface area contributed by atoms with Gasteiger partial charge in [0.1, 0.15) is 5.82 Å². The van der Waals surface area contributed by atoms with Crippen LogP contribution in [0, 0.1) is 5.82 Å². The predicted molar refractivity (Wildman–Crippen MR) is 51.6 cm³/mol. The molecular formula is C11H9FO4. The van der Waals surface area contributed by atoms with Crippen molar-refractivity contribution >= 4 is 11.9 Å². The Morgan fingerprint density at radius 2 is 1.75 bits per heavy atom. The second-order valence-electron chi connectivity index (χ2n) is 3.32. The third-order valence-electron chi connectivity index (χ3n) is 2.18. The Morgan fingerprint density at radius 1 is 1.06 bits per heavy atom. The molecule has 16 heavy (non-hydrogen) atoms. The van der Waals surface area contributed by atoms with Crippen molar-refractivity contribution in [1.29, 1.82) is 0 Å².